The van der Waals surface area contributed by atoms with Gasteiger partial charge in [-0.3, -0.25) is 0 Å². The minimum absolute atomic E-state index is 0.211. The maximum Gasteiger partial charge on any atom is 0.165 e. The van der Waals surface area contributed by atoms with Crippen LogP contribution in [0.3, 0.4) is 0 Å². The van der Waals surface area contributed by atoms with Crippen molar-refractivity contribution in [1.29, 1.82) is 0 Å². The van der Waals surface area contributed by atoms with Crippen molar-refractivity contribution in [2.45, 2.75) is 36.5 Å². The summed E-state index contributed by atoms with van der Waals surface area (Å²) in [6.07, 6.45) is 5.08. The summed E-state index contributed by atoms with van der Waals surface area (Å²) in [7, 11) is 2.21. The average molecular weight is 370 g/mol. The Morgan fingerprint density at radius 3 is 2.81 bits per heavy atom. The molecule has 2 bridgehead atoms. The third-order valence-corrected chi connectivity index (χ3v) is 7.61. The van der Waals surface area contributed by atoms with Crippen molar-refractivity contribution in [3.8, 4) is 11.5 Å². The lowest BCUT2D eigenvalue weighted by Gasteiger charge is -2.56. The fourth-order valence-corrected chi connectivity index (χ4v) is 6.39. The molecule has 0 radical (unpaired) electrons. The highest BCUT2D eigenvalue weighted by molar-refractivity contribution is 5.72. The largest absolute Gasteiger partial charge is 0.504 e. The van der Waals surface area contributed by atoms with Crippen molar-refractivity contribution >= 4 is 5.69 Å². The predicted molar refractivity (Wildman–Crippen MR) is 101 cm³/mol. The van der Waals surface area contributed by atoms with Gasteiger partial charge < -0.3 is 29.5 Å². The number of phenols is 1. The Balaban J connectivity index is 1.61. The minimum atomic E-state index is -0.630. The van der Waals surface area contributed by atoms with Gasteiger partial charge in [-0.1, -0.05) is 12.2 Å². The molecule has 0 amide bonds. The van der Waals surface area contributed by atoms with Crippen LogP contribution in [0.4, 0.5) is 5.69 Å². The predicted octanol–water partition coefficient (Wildman–Crippen LogP) is 1.03. The molecule has 0 unspecified atom stereocenters. The van der Waals surface area contributed by atoms with Crippen molar-refractivity contribution < 1.29 is 19.7 Å². The number of likely N-dealkylation sites (N-methyl/N-ethyl adjacent to an activating group) is 1. The summed E-state index contributed by atoms with van der Waals surface area (Å²) in [6.45, 7) is 4.11. The van der Waals surface area contributed by atoms with Gasteiger partial charge in [-0.2, -0.15) is 0 Å². The molecule has 6 heteroatoms. The van der Waals surface area contributed by atoms with Gasteiger partial charge >= 0.3 is 0 Å². The second-order valence-electron chi connectivity index (χ2n) is 8.68. The summed E-state index contributed by atoms with van der Waals surface area (Å²) in [5.41, 5.74) is 3.38. The number of aliphatic hydroxyl groups excluding tert-OH is 1. The maximum absolute atomic E-state index is 10.9. The lowest BCUT2D eigenvalue weighted by Crippen LogP contribution is -2.64. The Hall–Kier alpha value is -1.76. The lowest BCUT2D eigenvalue weighted by atomic mass is 9.53. The van der Waals surface area contributed by atoms with Gasteiger partial charge in [0.2, 0.25) is 0 Å². The summed E-state index contributed by atoms with van der Waals surface area (Å²) in [5.74, 6) is 1.14. The number of benzene rings is 1. The zero-order valence-electron chi connectivity index (χ0n) is 15.6. The van der Waals surface area contributed by atoms with Crippen LogP contribution in [0, 0.1) is 5.92 Å². The summed E-state index contributed by atoms with van der Waals surface area (Å²) < 4.78 is 11.8. The molecule has 3 aliphatic heterocycles. The molecule has 0 aromatic heterocycles. The van der Waals surface area contributed by atoms with Crippen molar-refractivity contribution in [3.05, 3.63) is 29.3 Å². The molecule has 0 saturated carbocycles. The molecule has 2 saturated heterocycles. The Kier molecular flexibility index (Phi) is 3.24. The van der Waals surface area contributed by atoms with E-state index in [9.17, 15) is 10.2 Å². The number of rotatable bonds is 1. The zero-order valence-corrected chi connectivity index (χ0v) is 15.6. The van der Waals surface area contributed by atoms with Gasteiger partial charge in [-0.05, 0) is 32.0 Å². The standard InChI is InChI=1S/C21H26N2O4/c1-22-5-4-21-13-2-3-16(24)20(21)27-19-17(25)11-14(23-6-8-26-9-7-23)12(18(19)21)10-15(13)22/h2-3,11,13,15-16,20,24-25H,4-10H2,1H3/t13-,15+,16-,20-,21-/m0/s1. The smallest absolute Gasteiger partial charge is 0.165 e. The molecular formula is C21H26N2O4. The van der Waals surface area contributed by atoms with Crippen LogP contribution in [-0.4, -0.2) is 73.3 Å². The molecule has 6 rings (SSSR count). The van der Waals surface area contributed by atoms with Gasteiger partial charge in [0.1, 0.15) is 12.2 Å². The molecular weight excluding hydrogens is 344 g/mol. The molecule has 3 heterocycles. The van der Waals surface area contributed by atoms with Crippen LogP contribution in [0.1, 0.15) is 17.5 Å². The van der Waals surface area contributed by atoms with Crippen molar-refractivity contribution in [3.63, 3.8) is 0 Å². The summed E-state index contributed by atoms with van der Waals surface area (Å²) in [4.78, 5) is 4.81. The van der Waals surface area contributed by atoms with E-state index in [0.717, 1.165) is 51.4 Å². The number of hydrogen-bond donors (Lipinski definition) is 2. The third kappa shape index (κ3) is 1.91. The number of nitrogens with zero attached hydrogens (tertiary/aromatic N) is 2. The maximum atomic E-state index is 10.9. The van der Waals surface area contributed by atoms with Gasteiger partial charge in [-0.15, -0.1) is 0 Å². The number of aliphatic hydroxyl groups is 1. The van der Waals surface area contributed by atoms with Crippen LogP contribution >= 0.6 is 0 Å². The fraction of sp³-hybridized carbons (Fsp3) is 0.619. The summed E-state index contributed by atoms with van der Waals surface area (Å²) in [5, 5.41) is 21.6. The van der Waals surface area contributed by atoms with E-state index in [2.05, 4.69) is 22.9 Å². The van der Waals surface area contributed by atoms with Gasteiger partial charge in [0.15, 0.2) is 11.5 Å². The first-order valence-electron chi connectivity index (χ1n) is 10.1. The molecule has 144 valence electrons. The number of hydrogen-bond acceptors (Lipinski definition) is 6. The highest BCUT2D eigenvalue weighted by Crippen LogP contribution is 2.63. The molecule has 6 nitrogen and oxygen atoms in total. The van der Waals surface area contributed by atoms with E-state index in [1.807, 2.05) is 12.1 Å². The van der Waals surface area contributed by atoms with Crippen molar-refractivity contribution in [1.82, 2.24) is 4.90 Å². The first-order chi connectivity index (χ1) is 13.1. The average Bonchev–Trinajstić information content (AvgIpc) is 3.04. The monoisotopic (exact) mass is 370 g/mol. The Morgan fingerprint density at radius 1 is 1.19 bits per heavy atom. The van der Waals surface area contributed by atoms with Crippen LogP contribution < -0.4 is 9.64 Å². The molecule has 27 heavy (non-hydrogen) atoms. The number of phenolic OH excluding ortho intramolecular Hbond substituents is 1. The van der Waals surface area contributed by atoms with E-state index in [4.69, 9.17) is 9.47 Å². The number of likely N-dealkylation sites (tertiary alicyclic amines) is 1. The number of piperidine rings is 1. The van der Waals surface area contributed by atoms with Crippen LogP contribution in [-0.2, 0) is 16.6 Å². The number of aromatic hydroxyl groups is 1. The van der Waals surface area contributed by atoms with Crippen LogP contribution in [0.25, 0.3) is 0 Å². The number of ether oxygens (including phenoxy) is 2. The molecule has 5 aliphatic rings. The van der Waals surface area contributed by atoms with Crippen LogP contribution in [0.2, 0.25) is 0 Å². The van der Waals surface area contributed by atoms with Crippen LogP contribution in [0.15, 0.2) is 18.2 Å². The quantitative estimate of drug-likeness (QED) is 0.720. The zero-order chi connectivity index (χ0) is 18.3. The van der Waals surface area contributed by atoms with Crippen molar-refractivity contribution in [2.24, 2.45) is 5.92 Å². The van der Waals surface area contributed by atoms with E-state index >= 15 is 0 Å². The number of morpholine rings is 1. The van der Waals surface area contributed by atoms with E-state index in [-0.39, 0.29) is 17.3 Å². The topological polar surface area (TPSA) is 65.4 Å². The molecule has 2 aliphatic carbocycles. The van der Waals surface area contributed by atoms with Gasteiger partial charge in [0, 0.05) is 47.8 Å². The van der Waals surface area contributed by atoms with Gasteiger partial charge in [0.05, 0.1) is 13.2 Å². The Morgan fingerprint density at radius 2 is 2.00 bits per heavy atom. The minimum Gasteiger partial charge on any atom is -0.504 e. The Bertz CT molecular complexity index is 834. The normalized spacial score (nSPS) is 39.3. The highest BCUT2D eigenvalue weighted by Gasteiger charge is 2.64. The first-order valence-corrected chi connectivity index (χ1v) is 10.1. The highest BCUT2D eigenvalue weighted by atomic mass is 16.5. The lowest BCUT2D eigenvalue weighted by molar-refractivity contribution is -0.0453. The summed E-state index contributed by atoms with van der Waals surface area (Å²) >= 11 is 0. The molecule has 1 spiro atoms. The molecule has 2 fully saturated rings. The van der Waals surface area contributed by atoms with Gasteiger partial charge in [-0.25, -0.2) is 0 Å². The van der Waals surface area contributed by atoms with E-state index in [1.54, 1.807) is 0 Å². The van der Waals surface area contributed by atoms with Crippen LogP contribution in [0.5, 0.6) is 11.5 Å². The third-order valence-electron chi connectivity index (χ3n) is 7.61. The molecule has 1 aromatic carbocycles. The summed E-state index contributed by atoms with van der Waals surface area (Å²) in [6, 6.07) is 2.28. The Labute approximate surface area is 159 Å². The van der Waals surface area contributed by atoms with E-state index in [1.165, 1.54) is 11.1 Å². The molecule has 2 N–H and O–H groups in total. The van der Waals surface area contributed by atoms with Gasteiger partial charge in [0.25, 0.3) is 0 Å². The first kappa shape index (κ1) is 16.2. The molecule has 5 atom stereocenters. The second-order valence-corrected chi connectivity index (χ2v) is 8.68. The second kappa shape index (κ2) is 5.40. The molecule has 1 aromatic rings. The number of anilines is 1. The van der Waals surface area contributed by atoms with Crippen molar-refractivity contribution in [2.75, 3.05) is 44.8 Å². The SMILES string of the molecule is CN1CC[C@]23c4c5c(N6CCOCC6)cc(O)c4O[C@H]2[C@@H](O)C=C[C@H]3[C@H]1C5. The van der Waals surface area contributed by atoms with E-state index in [0.29, 0.717) is 17.7 Å². The van der Waals surface area contributed by atoms with E-state index < -0.39 is 6.10 Å². The fourth-order valence-electron chi connectivity index (χ4n) is 6.39.